The van der Waals surface area contributed by atoms with E-state index in [0.29, 0.717) is 24.9 Å². The summed E-state index contributed by atoms with van der Waals surface area (Å²) < 4.78 is 18.7. The largest absolute Gasteiger partial charge is 0.474 e. The molecule has 126 valence electrons. The van der Waals surface area contributed by atoms with Crippen molar-refractivity contribution >= 4 is 11.6 Å². The first kappa shape index (κ1) is 17.2. The Hall–Kier alpha value is -2.18. The fourth-order valence-corrected chi connectivity index (χ4v) is 3.07. The van der Waals surface area contributed by atoms with Crippen molar-refractivity contribution in [3.8, 4) is 5.75 Å². The number of likely N-dealkylation sites (tertiary alicyclic amines) is 1. The molecule has 1 aromatic carbocycles. The number of ether oxygens (including phenoxy) is 1. The van der Waals surface area contributed by atoms with Crippen LogP contribution in [0.2, 0.25) is 0 Å². The lowest BCUT2D eigenvalue weighted by Crippen LogP contribution is -2.47. The number of nitro benzene ring substituents is 1. The normalized spacial score (nSPS) is 22.5. The van der Waals surface area contributed by atoms with Crippen LogP contribution in [-0.2, 0) is 4.79 Å². The van der Waals surface area contributed by atoms with Crippen LogP contribution in [0.5, 0.6) is 5.75 Å². The van der Waals surface area contributed by atoms with Gasteiger partial charge in [0.2, 0.25) is 5.75 Å². The minimum absolute atomic E-state index is 0.228. The molecule has 1 amide bonds. The van der Waals surface area contributed by atoms with Crippen molar-refractivity contribution in [2.75, 3.05) is 13.1 Å². The van der Waals surface area contributed by atoms with Crippen LogP contribution in [0, 0.1) is 27.8 Å². The first-order valence-corrected chi connectivity index (χ1v) is 7.67. The molecule has 1 aromatic rings. The van der Waals surface area contributed by atoms with Crippen molar-refractivity contribution in [3.63, 3.8) is 0 Å². The van der Waals surface area contributed by atoms with Crippen molar-refractivity contribution < 1.29 is 18.8 Å². The zero-order valence-corrected chi connectivity index (χ0v) is 13.5. The van der Waals surface area contributed by atoms with Gasteiger partial charge in [0, 0.05) is 25.2 Å². The lowest BCUT2D eigenvalue weighted by Gasteiger charge is -2.36. The fraction of sp³-hybridized carbons (Fsp3) is 0.562. The number of carbonyl (C=O) groups excluding carboxylic acids is 1. The SMILES string of the molecule is C[C@@H]1C[C@@H](C)CN(C(=O)[C@@H](C)Oc2cc(F)ccc2[N+](=O)[O-])C1. The second-order valence-corrected chi connectivity index (χ2v) is 6.32. The van der Waals surface area contributed by atoms with Gasteiger partial charge in [-0.3, -0.25) is 14.9 Å². The van der Waals surface area contributed by atoms with Crippen molar-refractivity contribution in [2.45, 2.75) is 33.3 Å². The molecule has 1 fully saturated rings. The summed E-state index contributed by atoms with van der Waals surface area (Å²) in [5, 5.41) is 11.0. The van der Waals surface area contributed by atoms with Crippen molar-refractivity contribution in [1.82, 2.24) is 4.90 Å². The molecule has 0 N–H and O–H groups in total. The van der Waals surface area contributed by atoms with Gasteiger partial charge in [-0.05, 0) is 31.2 Å². The van der Waals surface area contributed by atoms with Crippen molar-refractivity contribution in [1.29, 1.82) is 0 Å². The number of rotatable bonds is 4. The number of carbonyl (C=O) groups is 1. The predicted molar refractivity (Wildman–Crippen MR) is 82.7 cm³/mol. The third kappa shape index (κ3) is 4.18. The van der Waals surface area contributed by atoms with Gasteiger partial charge >= 0.3 is 5.69 Å². The van der Waals surface area contributed by atoms with E-state index in [2.05, 4.69) is 13.8 Å². The van der Waals surface area contributed by atoms with E-state index in [1.807, 2.05) is 0 Å². The highest BCUT2D eigenvalue weighted by molar-refractivity contribution is 5.81. The van der Waals surface area contributed by atoms with Gasteiger partial charge in [-0.1, -0.05) is 13.8 Å². The van der Waals surface area contributed by atoms with Crippen LogP contribution in [0.15, 0.2) is 18.2 Å². The van der Waals surface area contributed by atoms with Gasteiger partial charge < -0.3 is 9.64 Å². The molecule has 6 nitrogen and oxygen atoms in total. The van der Waals surface area contributed by atoms with Gasteiger partial charge in [0.15, 0.2) is 6.10 Å². The van der Waals surface area contributed by atoms with Crippen LogP contribution in [0.1, 0.15) is 27.2 Å². The van der Waals surface area contributed by atoms with Crippen LogP contribution in [-0.4, -0.2) is 34.9 Å². The number of nitro groups is 1. The second kappa shape index (κ2) is 6.93. The van der Waals surface area contributed by atoms with E-state index in [4.69, 9.17) is 4.74 Å². The smallest absolute Gasteiger partial charge is 0.311 e. The maximum Gasteiger partial charge on any atom is 0.311 e. The molecule has 1 saturated heterocycles. The molecule has 0 spiro atoms. The minimum Gasteiger partial charge on any atom is -0.474 e. The second-order valence-electron chi connectivity index (χ2n) is 6.32. The topological polar surface area (TPSA) is 72.7 Å². The van der Waals surface area contributed by atoms with Gasteiger partial charge in [-0.2, -0.15) is 0 Å². The van der Waals surface area contributed by atoms with E-state index >= 15 is 0 Å². The molecule has 2 rings (SSSR count). The average molecular weight is 324 g/mol. The summed E-state index contributed by atoms with van der Waals surface area (Å²) in [5.74, 6) is -0.307. The molecular formula is C16H21FN2O4. The van der Waals surface area contributed by atoms with Crippen LogP contribution >= 0.6 is 0 Å². The Kier molecular flexibility index (Phi) is 5.18. The van der Waals surface area contributed by atoms with Gasteiger partial charge in [-0.15, -0.1) is 0 Å². The summed E-state index contributed by atoms with van der Waals surface area (Å²) in [7, 11) is 0. The third-order valence-electron chi connectivity index (χ3n) is 3.95. The summed E-state index contributed by atoms with van der Waals surface area (Å²) in [6.07, 6.45) is 0.155. The van der Waals surface area contributed by atoms with Crippen LogP contribution in [0.4, 0.5) is 10.1 Å². The van der Waals surface area contributed by atoms with Crippen LogP contribution in [0.25, 0.3) is 0 Å². The number of hydrogen-bond acceptors (Lipinski definition) is 4. The summed E-state index contributed by atoms with van der Waals surface area (Å²) in [6.45, 7) is 6.98. The molecule has 23 heavy (non-hydrogen) atoms. The maximum absolute atomic E-state index is 13.3. The average Bonchev–Trinajstić information content (AvgIpc) is 2.45. The molecule has 0 unspecified atom stereocenters. The number of benzene rings is 1. The first-order chi connectivity index (χ1) is 10.8. The molecule has 3 atom stereocenters. The number of amides is 1. The van der Waals surface area contributed by atoms with E-state index < -0.39 is 16.8 Å². The number of piperidine rings is 1. The zero-order chi connectivity index (χ0) is 17.1. The summed E-state index contributed by atoms with van der Waals surface area (Å²) in [6, 6.07) is 2.96. The quantitative estimate of drug-likeness (QED) is 0.630. The van der Waals surface area contributed by atoms with Gasteiger partial charge in [0.05, 0.1) is 4.92 Å². The van der Waals surface area contributed by atoms with E-state index in [0.717, 1.165) is 24.6 Å². The monoisotopic (exact) mass is 324 g/mol. The van der Waals surface area contributed by atoms with E-state index in [1.54, 1.807) is 4.90 Å². The summed E-state index contributed by atoms with van der Waals surface area (Å²) in [4.78, 5) is 24.5. The Balaban J connectivity index is 2.12. The molecule has 7 heteroatoms. The Bertz CT molecular complexity index is 598. The highest BCUT2D eigenvalue weighted by Gasteiger charge is 2.30. The third-order valence-corrected chi connectivity index (χ3v) is 3.95. The molecular weight excluding hydrogens is 303 g/mol. The van der Waals surface area contributed by atoms with Crippen molar-refractivity contribution in [3.05, 3.63) is 34.1 Å². The molecule has 0 radical (unpaired) electrons. The van der Waals surface area contributed by atoms with Gasteiger partial charge in [-0.25, -0.2) is 4.39 Å². The van der Waals surface area contributed by atoms with Crippen LogP contribution in [0.3, 0.4) is 0 Å². The lowest BCUT2D eigenvalue weighted by molar-refractivity contribution is -0.386. The van der Waals surface area contributed by atoms with E-state index in [9.17, 15) is 19.3 Å². The number of halogens is 1. The Morgan fingerprint density at radius 1 is 1.39 bits per heavy atom. The molecule has 0 aromatic heterocycles. The molecule has 0 bridgehead atoms. The standard InChI is InChI=1S/C16H21FN2O4/c1-10-6-11(2)9-18(8-10)16(20)12(3)23-15-7-13(17)4-5-14(15)19(21)22/h4-5,7,10-12H,6,8-9H2,1-3H3/t10-,11-,12-/m1/s1. The zero-order valence-electron chi connectivity index (χ0n) is 13.5. The first-order valence-electron chi connectivity index (χ1n) is 7.67. The molecule has 1 heterocycles. The minimum atomic E-state index is -0.909. The Morgan fingerprint density at radius 3 is 2.57 bits per heavy atom. The van der Waals surface area contributed by atoms with Crippen molar-refractivity contribution in [2.24, 2.45) is 11.8 Å². The molecule has 1 aliphatic heterocycles. The highest BCUT2D eigenvalue weighted by atomic mass is 19.1. The highest BCUT2D eigenvalue weighted by Crippen LogP contribution is 2.29. The van der Waals surface area contributed by atoms with Crippen LogP contribution < -0.4 is 4.74 Å². The van der Waals surface area contributed by atoms with Gasteiger partial charge in [0.25, 0.3) is 5.91 Å². The molecule has 0 aliphatic carbocycles. The van der Waals surface area contributed by atoms with E-state index in [1.165, 1.54) is 6.92 Å². The Morgan fingerprint density at radius 2 is 2.00 bits per heavy atom. The molecule has 0 saturated carbocycles. The lowest BCUT2D eigenvalue weighted by atomic mass is 9.91. The van der Waals surface area contributed by atoms with E-state index in [-0.39, 0.29) is 17.3 Å². The molecule has 1 aliphatic rings. The summed E-state index contributed by atoms with van der Waals surface area (Å²) in [5.41, 5.74) is -0.355. The fourth-order valence-electron chi connectivity index (χ4n) is 3.07. The summed E-state index contributed by atoms with van der Waals surface area (Å²) >= 11 is 0. The van der Waals surface area contributed by atoms with Gasteiger partial charge in [0.1, 0.15) is 5.82 Å². The predicted octanol–water partition coefficient (Wildman–Crippen LogP) is 3.01. The number of nitrogens with zero attached hydrogens (tertiary/aromatic N) is 2. The Labute approximate surface area is 134 Å². The maximum atomic E-state index is 13.3. The number of hydrogen-bond donors (Lipinski definition) is 0.